The Bertz CT molecular complexity index is 831. The fraction of sp³-hybridized carbons (Fsp3) is 0.263. The van der Waals surface area contributed by atoms with Gasteiger partial charge in [-0.2, -0.15) is 0 Å². The number of carbonyl (C=O) groups is 2. The van der Waals surface area contributed by atoms with Crippen LogP contribution in [0.5, 0.6) is 0 Å². The Morgan fingerprint density at radius 2 is 2.12 bits per heavy atom. The van der Waals surface area contributed by atoms with E-state index in [4.69, 9.17) is 11.6 Å². The Morgan fingerprint density at radius 3 is 2.85 bits per heavy atom. The molecule has 1 N–H and O–H groups in total. The monoisotopic (exact) mass is 392 g/mol. The lowest BCUT2D eigenvalue weighted by Gasteiger charge is -2.16. The van der Waals surface area contributed by atoms with Crippen molar-refractivity contribution in [2.24, 2.45) is 0 Å². The summed E-state index contributed by atoms with van der Waals surface area (Å²) in [6.45, 7) is 1.13. The van der Waals surface area contributed by atoms with E-state index < -0.39 is 5.82 Å². The number of carbonyl (C=O) groups excluding carboxylic acids is 2. The summed E-state index contributed by atoms with van der Waals surface area (Å²) >= 11 is 7.03. The van der Waals surface area contributed by atoms with Gasteiger partial charge in [-0.05, 0) is 42.3 Å². The van der Waals surface area contributed by atoms with Crippen LogP contribution in [0.1, 0.15) is 18.4 Å². The number of hydrogen-bond donors (Lipinski definition) is 1. The molecular weight excluding hydrogens is 375 g/mol. The molecule has 0 radical (unpaired) electrons. The quantitative estimate of drug-likeness (QED) is 0.755. The molecule has 1 saturated heterocycles. The highest BCUT2D eigenvalue weighted by molar-refractivity contribution is 8.00. The minimum absolute atomic E-state index is 0.0451. The molecule has 2 aromatic rings. The number of thioether (sulfide) groups is 1. The van der Waals surface area contributed by atoms with E-state index in [1.165, 1.54) is 23.9 Å². The van der Waals surface area contributed by atoms with E-state index in [0.29, 0.717) is 13.0 Å². The molecule has 3 rings (SSSR count). The van der Waals surface area contributed by atoms with Crippen LogP contribution in [0.3, 0.4) is 0 Å². The van der Waals surface area contributed by atoms with Crippen molar-refractivity contribution in [3.63, 3.8) is 0 Å². The van der Waals surface area contributed by atoms with Crippen LogP contribution in [0.4, 0.5) is 10.1 Å². The molecule has 1 aliphatic rings. The third-order valence-corrected chi connectivity index (χ3v) is 5.33. The van der Waals surface area contributed by atoms with Gasteiger partial charge in [0, 0.05) is 30.1 Å². The second-order valence-electron chi connectivity index (χ2n) is 5.96. The number of nitrogens with one attached hydrogen (secondary N) is 1. The third kappa shape index (κ3) is 4.77. The summed E-state index contributed by atoms with van der Waals surface area (Å²) in [5.41, 5.74) is 1.81. The van der Waals surface area contributed by atoms with Gasteiger partial charge in [-0.1, -0.05) is 23.7 Å². The molecule has 1 aliphatic heterocycles. The molecule has 1 fully saturated rings. The summed E-state index contributed by atoms with van der Waals surface area (Å²) in [5, 5.41) is 2.90. The maximum atomic E-state index is 13.1. The van der Waals surface area contributed by atoms with Crippen molar-refractivity contribution in [1.29, 1.82) is 0 Å². The molecule has 0 aromatic heterocycles. The maximum Gasteiger partial charge on any atom is 0.230 e. The zero-order valence-corrected chi connectivity index (χ0v) is 15.6. The molecule has 136 valence electrons. The van der Waals surface area contributed by atoms with E-state index in [2.05, 4.69) is 5.32 Å². The van der Waals surface area contributed by atoms with Gasteiger partial charge in [0.25, 0.3) is 0 Å². The summed E-state index contributed by atoms with van der Waals surface area (Å²) in [4.78, 5) is 26.4. The Balaban J connectivity index is 1.51. The number of rotatable bonds is 6. The molecule has 4 nitrogen and oxygen atoms in total. The van der Waals surface area contributed by atoms with E-state index in [1.807, 2.05) is 24.3 Å². The Labute approximate surface area is 160 Å². The number of amides is 2. The lowest BCUT2D eigenvalue weighted by molar-refractivity contribution is -0.119. The van der Waals surface area contributed by atoms with Crippen LogP contribution in [0.25, 0.3) is 0 Å². The minimum Gasteiger partial charge on any atom is -0.351 e. The van der Waals surface area contributed by atoms with Gasteiger partial charge in [0.2, 0.25) is 11.8 Å². The molecule has 7 heteroatoms. The maximum absolute atomic E-state index is 13.1. The Kier molecular flexibility index (Phi) is 6.16. The lowest BCUT2D eigenvalue weighted by atomic mass is 10.2. The molecule has 0 spiro atoms. The molecule has 0 atom stereocenters. The highest BCUT2D eigenvalue weighted by Crippen LogP contribution is 2.24. The van der Waals surface area contributed by atoms with Gasteiger partial charge in [-0.15, -0.1) is 11.8 Å². The number of benzene rings is 2. The van der Waals surface area contributed by atoms with Crippen molar-refractivity contribution in [3.05, 3.63) is 58.9 Å². The van der Waals surface area contributed by atoms with Crippen LogP contribution in [-0.2, 0) is 16.1 Å². The second kappa shape index (κ2) is 8.56. The highest BCUT2D eigenvalue weighted by Gasteiger charge is 2.21. The summed E-state index contributed by atoms with van der Waals surface area (Å²) in [7, 11) is 0. The average molecular weight is 393 g/mol. The summed E-state index contributed by atoms with van der Waals surface area (Å²) in [6.07, 6.45) is 1.47. The standard InChI is InChI=1S/C19H18ClFN2O2S/c20-16-10-15(6-7-17(16)21)26-12-18(24)22-11-13-3-1-4-14(9-13)23-8-2-5-19(23)25/h1,3-4,6-7,9-10H,2,5,8,11-12H2,(H,22,24). The van der Waals surface area contributed by atoms with Crippen LogP contribution < -0.4 is 10.2 Å². The average Bonchev–Trinajstić information content (AvgIpc) is 3.07. The van der Waals surface area contributed by atoms with E-state index in [1.54, 1.807) is 11.0 Å². The van der Waals surface area contributed by atoms with Gasteiger partial charge in [-0.3, -0.25) is 9.59 Å². The molecule has 26 heavy (non-hydrogen) atoms. The largest absolute Gasteiger partial charge is 0.351 e. The van der Waals surface area contributed by atoms with Crippen molar-refractivity contribution >= 4 is 40.9 Å². The van der Waals surface area contributed by atoms with Crippen molar-refractivity contribution < 1.29 is 14.0 Å². The first kappa shape index (κ1) is 18.7. The summed E-state index contributed by atoms with van der Waals surface area (Å²) < 4.78 is 13.1. The van der Waals surface area contributed by atoms with Crippen molar-refractivity contribution in [1.82, 2.24) is 5.32 Å². The smallest absolute Gasteiger partial charge is 0.230 e. The number of halogens is 2. The molecule has 0 saturated carbocycles. The van der Waals surface area contributed by atoms with Gasteiger partial charge in [0.15, 0.2) is 0 Å². The van der Waals surface area contributed by atoms with E-state index in [9.17, 15) is 14.0 Å². The van der Waals surface area contributed by atoms with Crippen molar-refractivity contribution in [3.8, 4) is 0 Å². The summed E-state index contributed by atoms with van der Waals surface area (Å²) in [6, 6.07) is 12.0. The SMILES string of the molecule is O=C(CSc1ccc(F)c(Cl)c1)NCc1cccc(N2CCCC2=O)c1. The van der Waals surface area contributed by atoms with Crippen molar-refractivity contribution in [2.45, 2.75) is 24.3 Å². The van der Waals surface area contributed by atoms with E-state index in [0.717, 1.165) is 29.1 Å². The predicted molar refractivity (Wildman–Crippen MR) is 102 cm³/mol. The van der Waals surface area contributed by atoms with Gasteiger partial charge in [0.1, 0.15) is 5.82 Å². The third-order valence-electron chi connectivity index (χ3n) is 4.05. The lowest BCUT2D eigenvalue weighted by Crippen LogP contribution is -2.26. The van der Waals surface area contributed by atoms with Crippen LogP contribution in [-0.4, -0.2) is 24.1 Å². The first-order valence-corrected chi connectivity index (χ1v) is 9.63. The van der Waals surface area contributed by atoms with E-state index >= 15 is 0 Å². The molecule has 0 unspecified atom stereocenters. The fourth-order valence-corrected chi connectivity index (χ4v) is 3.73. The molecule has 1 heterocycles. The van der Waals surface area contributed by atoms with Crippen LogP contribution in [0, 0.1) is 5.82 Å². The first-order chi connectivity index (χ1) is 12.5. The Hall–Kier alpha value is -2.05. The number of hydrogen-bond acceptors (Lipinski definition) is 3. The van der Waals surface area contributed by atoms with Crippen LogP contribution in [0.2, 0.25) is 5.02 Å². The van der Waals surface area contributed by atoms with Gasteiger partial charge in [0.05, 0.1) is 10.8 Å². The minimum atomic E-state index is -0.475. The molecule has 2 aromatic carbocycles. The van der Waals surface area contributed by atoms with Gasteiger partial charge >= 0.3 is 0 Å². The van der Waals surface area contributed by atoms with E-state index in [-0.39, 0.29) is 22.6 Å². The highest BCUT2D eigenvalue weighted by atomic mass is 35.5. The molecule has 2 amide bonds. The fourth-order valence-electron chi connectivity index (χ4n) is 2.72. The second-order valence-corrected chi connectivity index (χ2v) is 7.42. The molecule has 0 bridgehead atoms. The topological polar surface area (TPSA) is 49.4 Å². The Morgan fingerprint density at radius 1 is 1.27 bits per heavy atom. The number of anilines is 1. The van der Waals surface area contributed by atoms with Crippen LogP contribution >= 0.6 is 23.4 Å². The van der Waals surface area contributed by atoms with Gasteiger partial charge in [-0.25, -0.2) is 4.39 Å². The normalized spacial score (nSPS) is 13.9. The zero-order chi connectivity index (χ0) is 18.5. The van der Waals surface area contributed by atoms with Crippen molar-refractivity contribution in [2.75, 3.05) is 17.2 Å². The van der Waals surface area contributed by atoms with Crippen LogP contribution in [0.15, 0.2) is 47.4 Å². The zero-order valence-electron chi connectivity index (χ0n) is 14.0. The predicted octanol–water partition coefficient (Wildman–Crippen LogP) is 4.01. The molecular formula is C19H18ClFN2O2S. The van der Waals surface area contributed by atoms with Gasteiger partial charge < -0.3 is 10.2 Å². The summed E-state index contributed by atoms with van der Waals surface area (Å²) in [5.74, 6) is -0.248. The number of nitrogens with zero attached hydrogens (tertiary/aromatic N) is 1. The molecule has 0 aliphatic carbocycles. The first-order valence-electron chi connectivity index (χ1n) is 8.27.